The van der Waals surface area contributed by atoms with Gasteiger partial charge in [-0.25, -0.2) is 4.39 Å². The van der Waals surface area contributed by atoms with Gasteiger partial charge < -0.3 is 5.32 Å². The van der Waals surface area contributed by atoms with Gasteiger partial charge in [-0.2, -0.15) is 0 Å². The second kappa shape index (κ2) is 7.58. The van der Waals surface area contributed by atoms with Gasteiger partial charge in [0, 0.05) is 12.1 Å². The molecule has 0 fully saturated rings. The van der Waals surface area contributed by atoms with Crippen molar-refractivity contribution in [3.63, 3.8) is 0 Å². The number of rotatable bonds is 7. The number of hydrogen-bond donors (Lipinski definition) is 1. The number of carbonyl (C=O) groups excluding carboxylic acids is 1. The molecule has 1 rings (SSSR count). The van der Waals surface area contributed by atoms with Gasteiger partial charge in [0.2, 0.25) is 0 Å². The molecule has 0 aliphatic heterocycles. The first kappa shape index (κ1) is 17.7. The molecule has 0 unspecified atom stereocenters. The van der Waals surface area contributed by atoms with Crippen molar-refractivity contribution in [3.8, 4) is 0 Å². The minimum Gasteiger partial charge on any atom is -0.351 e. The maximum absolute atomic E-state index is 12.9. The summed E-state index contributed by atoms with van der Waals surface area (Å²) in [7, 11) is 0. The van der Waals surface area contributed by atoms with E-state index in [4.69, 9.17) is 0 Å². The molecule has 0 bridgehead atoms. The van der Waals surface area contributed by atoms with Crippen molar-refractivity contribution >= 4 is 5.91 Å². The predicted octanol–water partition coefficient (Wildman–Crippen LogP) is 4.65. The summed E-state index contributed by atoms with van der Waals surface area (Å²) in [5.41, 5.74) is 0.610. The molecule has 0 aliphatic carbocycles. The van der Waals surface area contributed by atoms with Crippen LogP contribution in [0, 0.1) is 23.1 Å². The lowest BCUT2D eigenvalue weighted by molar-refractivity contribution is 0.0767. The quantitative estimate of drug-likeness (QED) is 0.778. The standard InChI is InChI=1S/C18H28FNO/c1-6-11-18(13(2)3,14(4)5)12-20-17(21)15-7-9-16(19)10-8-15/h7-10,13-14H,6,11-12H2,1-5H3,(H,20,21). The lowest BCUT2D eigenvalue weighted by Gasteiger charge is -2.41. The van der Waals surface area contributed by atoms with Crippen LogP contribution in [0.3, 0.4) is 0 Å². The normalized spacial score (nSPS) is 12.0. The van der Waals surface area contributed by atoms with Crippen molar-refractivity contribution in [2.75, 3.05) is 6.54 Å². The Kier molecular flexibility index (Phi) is 6.38. The van der Waals surface area contributed by atoms with E-state index in [1.807, 2.05) is 0 Å². The van der Waals surface area contributed by atoms with E-state index < -0.39 is 0 Å². The molecule has 1 N–H and O–H groups in total. The monoisotopic (exact) mass is 293 g/mol. The summed E-state index contributed by atoms with van der Waals surface area (Å²) in [4.78, 5) is 12.2. The highest BCUT2D eigenvalue weighted by molar-refractivity contribution is 5.94. The molecule has 0 aliphatic rings. The Morgan fingerprint density at radius 2 is 1.67 bits per heavy atom. The second-order valence-corrected chi connectivity index (χ2v) is 6.48. The molecule has 0 saturated heterocycles. The average molecular weight is 293 g/mol. The van der Waals surface area contributed by atoms with Crippen LogP contribution < -0.4 is 5.32 Å². The molecule has 21 heavy (non-hydrogen) atoms. The van der Waals surface area contributed by atoms with Crippen molar-refractivity contribution in [1.29, 1.82) is 0 Å². The van der Waals surface area contributed by atoms with Gasteiger partial charge in [0.05, 0.1) is 0 Å². The first-order valence-electron chi connectivity index (χ1n) is 7.87. The van der Waals surface area contributed by atoms with Gasteiger partial charge in [0.25, 0.3) is 5.91 Å². The summed E-state index contributed by atoms with van der Waals surface area (Å²) in [6.07, 6.45) is 2.19. The Morgan fingerprint density at radius 1 is 1.14 bits per heavy atom. The molecule has 0 aromatic heterocycles. The fourth-order valence-corrected chi connectivity index (χ4v) is 3.15. The third-order valence-electron chi connectivity index (χ3n) is 4.70. The summed E-state index contributed by atoms with van der Waals surface area (Å²) < 4.78 is 12.9. The van der Waals surface area contributed by atoms with E-state index in [2.05, 4.69) is 39.9 Å². The summed E-state index contributed by atoms with van der Waals surface area (Å²) in [5.74, 6) is 0.532. The SMILES string of the molecule is CCCC(CNC(=O)c1ccc(F)cc1)(C(C)C)C(C)C. The molecule has 0 radical (unpaired) electrons. The number of benzene rings is 1. The Balaban J connectivity index is 2.81. The summed E-state index contributed by atoms with van der Waals surface area (Å²) in [5, 5.41) is 3.05. The molecule has 118 valence electrons. The highest BCUT2D eigenvalue weighted by Gasteiger charge is 2.36. The second-order valence-electron chi connectivity index (χ2n) is 6.48. The van der Waals surface area contributed by atoms with E-state index in [-0.39, 0.29) is 17.1 Å². The van der Waals surface area contributed by atoms with Gasteiger partial charge >= 0.3 is 0 Å². The zero-order valence-electron chi connectivity index (χ0n) is 13.9. The molecule has 1 amide bonds. The molecule has 0 heterocycles. The first-order chi connectivity index (χ1) is 9.83. The lowest BCUT2D eigenvalue weighted by Crippen LogP contribution is -2.44. The first-order valence-corrected chi connectivity index (χ1v) is 7.87. The minimum absolute atomic E-state index is 0.102. The molecule has 3 heteroatoms. The van der Waals surface area contributed by atoms with Crippen LogP contribution in [0.4, 0.5) is 4.39 Å². The number of hydrogen-bond acceptors (Lipinski definition) is 1. The highest BCUT2D eigenvalue weighted by atomic mass is 19.1. The largest absolute Gasteiger partial charge is 0.351 e. The van der Waals surface area contributed by atoms with Crippen LogP contribution in [0.15, 0.2) is 24.3 Å². The maximum atomic E-state index is 12.9. The van der Waals surface area contributed by atoms with Gasteiger partial charge in [0.1, 0.15) is 5.82 Å². The zero-order valence-corrected chi connectivity index (χ0v) is 13.9. The van der Waals surface area contributed by atoms with E-state index in [0.29, 0.717) is 23.9 Å². The Hall–Kier alpha value is -1.38. The Morgan fingerprint density at radius 3 is 2.10 bits per heavy atom. The predicted molar refractivity (Wildman–Crippen MR) is 85.8 cm³/mol. The smallest absolute Gasteiger partial charge is 0.251 e. The molecule has 0 spiro atoms. The molecular weight excluding hydrogens is 265 g/mol. The third kappa shape index (κ3) is 4.29. The third-order valence-corrected chi connectivity index (χ3v) is 4.70. The minimum atomic E-state index is -0.323. The van der Waals surface area contributed by atoms with E-state index in [9.17, 15) is 9.18 Å². The summed E-state index contributed by atoms with van der Waals surface area (Å²) >= 11 is 0. The molecule has 2 nitrogen and oxygen atoms in total. The van der Waals surface area contributed by atoms with Crippen molar-refractivity contribution < 1.29 is 9.18 Å². The van der Waals surface area contributed by atoms with Crippen LogP contribution in [0.1, 0.15) is 57.8 Å². The van der Waals surface area contributed by atoms with Crippen LogP contribution in [0.25, 0.3) is 0 Å². The summed E-state index contributed by atoms with van der Waals surface area (Å²) in [6.45, 7) is 11.7. The van der Waals surface area contributed by atoms with Gasteiger partial charge in [-0.1, -0.05) is 41.0 Å². The number of amides is 1. The van der Waals surface area contributed by atoms with Gasteiger partial charge in [-0.15, -0.1) is 0 Å². The van der Waals surface area contributed by atoms with Crippen LogP contribution in [-0.4, -0.2) is 12.5 Å². The van der Waals surface area contributed by atoms with E-state index in [1.165, 1.54) is 24.3 Å². The molecule has 0 atom stereocenters. The van der Waals surface area contributed by atoms with Crippen LogP contribution >= 0.6 is 0 Å². The highest BCUT2D eigenvalue weighted by Crippen LogP contribution is 2.39. The number of halogens is 1. The molecule has 0 saturated carbocycles. The number of nitrogens with one attached hydrogen (secondary N) is 1. The average Bonchev–Trinajstić information content (AvgIpc) is 2.43. The zero-order chi connectivity index (χ0) is 16.0. The van der Waals surface area contributed by atoms with E-state index >= 15 is 0 Å². The molecule has 1 aromatic carbocycles. The fourth-order valence-electron chi connectivity index (χ4n) is 3.15. The van der Waals surface area contributed by atoms with E-state index in [0.717, 1.165) is 12.8 Å². The van der Waals surface area contributed by atoms with Crippen LogP contribution in [-0.2, 0) is 0 Å². The molecule has 1 aromatic rings. The van der Waals surface area contributed by atoms with Crippen molar-refractivity contribution in [1.82, 2.24) is 5.32 Å². The van der Waals surface area contributed by atoms with Gasteiger partial charge in [0.15, 0.2) is 0 Å². The Bertz CT molecular complexity index is 443. The lowest BCUT2D eigenvalue weighted by atomic mass is 9.66. The topological polar surface area (TPSA) is 29.1 Å². The van der Waals surface area contributed by atoms with Crippen LogP contribution in [0.5, 0.6) is 0 Å². The van der Waals surface area contributed by atoms with Gasteiger partial charge in [-0.05, 0) is 47.9 Å². The number of carbonyl (C=O) groups is 1. The Labute approximate surface area is 128 Å². The van der Waals surface area contributed by atoms with Crippen LogP contribution in [0.2, 0.25) is 0 Å². The van der Waals surface area contributed by atoms with Crippen molar-refractivity contribution in [2.24, 2.45) is 17.3 Å². The van der Waals surface area contributed by atoms with Crippen molar-refractivity contribution in [2.45, 2.75) is 47.5 Å². The van der Waals surface area contributed by atoms with E-state index in [1.54, 1.807) is 0 Å². The summed E-state index contributed by atoms with van der Waals surface area (Å²) in [6, 6.07) is 5.69. The molecular formula is C18H28FNO. The maximum Gasteiger partial charge on any atom is 0.251 e. The van der Waals surface area contributed by atoms with Crippen molar-refractivity contribution in [3.05, 3.63) is 35.6 Å². The fraction of sp³-hybridized carbons (Fsp3) is 0.611. The van der Waals surface area contributed by atoms with Gasteiger partial charge in [-0.3, -0.25) is 4.79 Å².